The van der Waals surface area contributed by atoms with E-state index in [1.807, 2.05) is 0 Å². The highest BCUT2D eigenvalue weighted by molar-refractivity contribution is 5.34. The molecule has 0 aliphatic heterocycles. The molecule has 2 aromatic rings. The molecule has 0 saturated heterocycles. The third-order valence-electron chi connectivity index (χ3n) is 2.52. The minimum absolute atomic E-state index is 0.145. The zero-order chi connectivity index (χ0) is 13.3. The van der Waals surface area contributed by atoms with Crippen molar-refractivity contribution in [1.29, 1.82) is 0 Å². The van der Waals surface area contributed by atoms with Crippen molar-refractivity contribution in [3.63, 3.8) is 0 Å². The van der Waals surface area contributed by atoms with Crippen molar-refractivity contribution in [2.45, 2.75) is 20.0 Å². The van der Waals surface area contributed by atoms with Gasteiger partial charge in [0.1, 0.15) is 5.82 Å². The molecule has 0 saturated carbocycles. The summed E-state index contributed by atoms with van der Waals surface area (Å²) in [5.41, 5.74) is 0.944. The number of anilines is 1. The first-order chi connectivity index (χ1) is 8.49. The molecule has 0 aromatic carbocycles. The predicted molar refractivity (Wildman–Crippen MR) is 58.7 cm³/mol. The number of halogens is 3. The third kappa shape index (κ3) is 2.31. The van der Waals surface area contributed by atoms with Gasteiger partial charge in [0, 0.05) is 31.4 Å². The van der Waals surface area contributed by atoms with Crippen LogP contribution in [0.3, 0.4) is 0 Å². The minimum Gasteiger partial charge on any atom is -0.364 e. The van der Waals surface area contributed by atoms with E-state index in [9.17, 15) is 13.2 Å². The Kier molecular flexibility index (Phi) is 3.26. The fraction of sp³-hybridized carbons (Fsp3) is 0.400. The van der Waals surface area contributed by atoms with Gasteiger partial charge in [-0.25, -0.2) is 9.36 Å². The van der Waals surface area contributed by atoms with Crippen molar-refractivity contribution in [1.82, 2.24) is 19.6 Å². The first-order valence-electron chi connectivity index (χ1n) is 5.24. The Morgan fingerprint density at radius 1 is 1.39 bits per heavy atom. The number of rotatable bonds is 4. The molecule has 0 aliphatic carbocycles. The van der Waals surface area contributed by atoms with Crippen LogP contribution in [-0.2, 0) is 13.6 Å². The Morgan fingerprint density at radius 2 is 2.11 bits per heavy atom. The zero-order valence-corrected chi connectivity index (χ0v) is 9.86. The summed E-state index contributed by atoms with van der Waals surface area (Å²) in [6.07, 6.45) is 1.15. The van der Waals surface area contributed by atoms with Crippen molar-refractivity contribution in [2.24, 2.45) is 7.05 Å². The van der Waals surface area contributed by atoms with Gasteiger partial charge in [0.05, 0.1) is 5.69 Å². The van der Waals surface area contributed by atoms with Crippen LogP contribution in [0.4, 0.5) is 19.0 Å². The van der Waals surface area contributed by atoms with E-state index in [1.165, 1.54) is 13.1 Å². The summed E-state index contributed by atoms with van der Waals surface area (Å²) in [7, 11) is 1.50. The molecule has 0 atom stereocenters. The van der Waals surface area contributed by atoms with Crippen molar-refractivity contribution < 1.29 is 13.2 Å². The van der Waals surface area contributed by atoms with Crippen LogP contribution in [0.2, 0.25) is 0 Å². The lowest BCUT2D eigenvalue weighted by molar-refractivity contribution is 0.0569. The van der Waals surface area contributed by atoms with Gasteiger partial charge in [-0.15, -0.1) is 0 Å². The van der Waals surface area contributed by atoms with E-state index in [1.54, 1.807) is 6.92 Å². The van der Waals surface area contributed by atoms with Gasteiger partial charge in [-0.1, -0.05) is 0 Å². The monoisotopic (exact) mass is 259 g/mol. The van der Waals surface area contributed by atoms with Crippen molar-refractivity contribution >= 4 is 5.82 Å². The van der Waals surface area contributed by atoms with Gasteiger partial charge in [0.15, 0.2) is 0 Å². The molecule has 1 N–H and O–H groups in total. The van der Waals surface area contributed by atoms with Gasteiger partial charge >= 0.3 is 6.55 Å². The molecule has 5 nitrogen and oxygen atoms in total. The molecule has 0 bridgehead atoms. The molecule has 2 aromatic heterocycles. The Morgan fingerprint density at radius 3 is 2.61 bits per heavy atom. The molecule has 0 aliphatic rings. The molecular weight excluding hydrogens is 247 g/mol. The summed E-state index contributed by atoms with van der Waals surface area (Å²) in [6.45, 7) is -0.860. The fourth-order valence-electron chi connectivity index (χ4n) is 1.59. The SMILES string of the molecule is Cc1nn(C)c(F)c1CNc1ccn(C(F)F)n1. The summed E-state index contributed by atoms with van der Waals surface area (Å²) in [5.74, 6) is -0.189. The molecule has 2 rings (SSSR count). The van der Waals surface area contributed by atoms with Crippen molar-refractivity contribution in [3.8, 4) is 0 Å². The van der Waals surface area contributed by atoms with E-state index in [0.717, 1.165) is 10.9 Å². The second-order valence-corrected chi connectivity index (χ2v) is 3.79. The standard InChI is InChI=1S/C10H12F3N5/c1-6-7(9(11)17(2)15-6)5-14-8-3-4-18(16-8)10(12)13/h3-4,10H,5H2,1-2H3,(H,14,16). The molecule has 0 radical (unpaired) electrons. The lowest BCUT2D eigenvalue weighted by Gasteiger charge is -2.02. The van der Waals surface area contributed by atoms with E-state index < -0.39 is 12.5 Å². The maximum atomic E-state index is 13.6. The molecule has 18 heavy (non-hydrogen) atoms. The molecule has 0 unspecified atom stereocenters. The van der Waals surface area contributed by atoms with E-state index in [2.05, 4.69) is 15.5 Å². The Labute approximate surface area is 101 Å². The number of nitrogens with zero attached hydrogens (tertiary/aromatic N) is 4. The van der Waals surface area contributed by atoms with E-state index in [4.69, 9.17) is 0 Å². The van der Waals surface area contributed by atoms with Crippen molar-refractivity contribution in [2.75, 3.05) is 5.32 Å². The van der Waals surface area contributed by atoms with Gasteiger partial charge in [0.25, 0.3) is 0 Å². The molecular formula is C10H12F3N5. The van der Waals surface area contributed by atoms with Gasteiger partial charge in [0.2, 0.25) is 5.95 Å². The Hall–Kier alpha value is -1.99. The Bertz CT molecular complexity index is 546. The van der Waals surface area contributed by atoms with Crippen LogP contribution in [0, 0.1) is 12.9 Å². The maximum Gasteiger partial charge on any atom is 0.333 e. The molecule has 2 heterocycles. The van der Waals surface area contributed by atoms with E-state index in [0.29, 0.717) is 15.9 Å². The summed E-state index contributed by atoms with van der Waals surface area (Å²) >= 11 is 0. The topological polar surface area (TPSA) is 47.7 Å². The van der Waals surface area contributed by atoms with E-state index >= 15 is 0 Å². The Balaban J connectivity index is 2.06. The number of alkyl halides is 2. The summed E-state index contributed by atoms with van der Waals surface area (Å²) in [6, 6.07) is 1.40. The van der Waals surface area contributed by atoms with Crippen LogP contribution in [0.15, 0.2) is 12.3 Å². The van der Waals surface area contributed by atoms with Crippen molar-refractivity contribution in [3.05, 3.63) is 29.5 Å². The number of nitrogens with one attached hydrogen (secondary N) is 1. The summed E-state index contributed by atoms with van der Waals surface area (Å²) in [4.78, 5) is 0. The number of aryl methyl sites for hydroxylation is 2. The van der Waals surface area contributed by atoms with Gasteiger partial charge in [-0.2, -0.15) is 23.4 Å². The quantitative estimate of drug-likeness (QED) is 0.914. The highest BCUT2D eigenvalue weighted by Gasteiger charge is 2.13. The van der Waals surface area contributed by atoms with Gasteiger partial charge < -0.3 is 5.32 Å². The third-order valence-corrected chi connectivity index (χ3v) is 2.52. The highest BCUT2D eigenvalue weighted by Crippen LogP contribution is 2.15. The maximum absolute atomic E-state index is 13.6. The van der Waals surface area contributed by atoms with Gasteiger partial charge in [-0.3, -0.25) is 0 Å². The van der Waals surface area contributed by atoms with Crippen LogP contribution < -0.4 is 5.32 Å². The summed E-state index contributed by atoms with van der Waals surface area (Å²) in [5, 5.41) is 10.3. The highest BCUT2D eigenvalue weighted by atomic mass is 19.3. The average Bonchev–Trinajstić information content (AvgIpc) is 2.85. The number of aromatic nitrogens is 4. The zero-order valence-electron chi connectivity index (χ0n) is 9.86. The molecule has 8 heteroatoms. The smallest absolute Gasteiger partial charge is 0.333 e. The second kappa shape index (κ2) is 4.71. The minimum atomic E-state index is -2.68. The normalized spacial score (nSPS) is 11.2. The summed E-state index contributed by atoms with van der Waals surface area (Å²) < 4.78 is 39.8. The lowest BCUT2D eigenvalue weighted by Crippen LogP contribution is -2.05. The largest absolute Gasteiger partial charge is 0.364 e. The van der Waals surface area contributed by atoms with Crippen LogP contribution in [-0.4, -0.2) is 19.6 Å². The average molecular weight is 259 g/mol. The first kappa shape index (κ1) is 12.5. The van der Waals surface area contributed by atoms with Crippen LogP contribution >= 0.6 is 0 Å². The van der Waals surface area contributed by atoms with Crippen LogP contribution in [0.25, 0.3) is 0 Å². The molecule has 98 valence electrons. The fourth-order valence-corrected chi connectivity index (χ4v) is 1.59. The predicted octanol–water partition coefficient (Wildman–Crippen LogP) is 2.07. The van der Waals surface area contributed by atoms with Crippen LogP contribution in [0.5, 0.6) is 0 Å². The first-order valence-corrected chi connectivity index (χ1v) is 5.24. The van der Waals surface area contributed by atoms with Gasteiger partial charge in [-0.05, 0) is 6.92 Å². The van der Waals surface area contributed by atoms with Crippen LogP contribution in [0.1, 0.15) is 17.8 Å². The van der Waals surface area contributed by atoms with E-state index in [-0.39, 0.29) is 12.4 Å². The molecule has 0 spiro atoms. The molecule has 0 amide bonds. The number of hydrogen-bond donors (Lipinski definition) is 1. The lowest BCUT2D eigenvalue weighted by atomic mass is 10.2. The molecule has 0 fully saturated rings. The second-order valence-electron chi connectivity index (χ2n) is 3.79. The number of hydrogen-bond acceptors (Lipinski definition) is 3.